The number of rotatable bonds is 3. The molecule has 88 valence electrons. The van der Waals surface area contributed by atoms with E-state index in [4.69, 9.17) is 0 Å². The molecule has 0 aliphatic carbocycles. The van der Waals surface area contributed by atoms with E-state index in [-0.39, 0.29) is 11.1 Å². The number of carbonyl (C=O) groups is 1. The van der Waals surface area contributed by atoms with Crippen LogP contribution in [0.15, 0.2) is 29.1 Å². The number of benzene rings is 1. The summed E-state index contributed by atoms with van der Waals surface area (Å²) in [7, 11) is 0. The van der Waals surface area contributed by atoms with E-state index in [1.165, 1.54) is 0 Å². The van der Waals surface area contributed by atoms with E-state index in [0.29, 0.717) is 22.9 Å². The molecule has 0 spiro atoms. The van der Waals surface area contributed by atoms with Gasteiger partial charge in [-0.2, -0.15) is 0 Å². The molecule has 0 saturated heterocycles. The molecule has 0 unspecified atom stereocenters. The maximum atomic E-state index is 11.8. The maximum absolute atomic E-state index is 11.8. The van der Waals surface area contributed by atoms with Gasteiger partial charge in [0.15, 0.2) is 0 Å². The average Bonchev–Trinajstić information content (AvgIpc) is 2.29. The van der Waals surface area contributed by atoms with Crippen LogP contribution in [-0.2, 0) is 6.42 Å². The number of nitrogens with one attached hydrogen (secondary N) is 1. The van der Waals surface area contributed by atoms with Crippen molar-refractivity contribution in [2.24, 2.45) is 0 Å². The molecule has 0 atom stereocenters. The van der Waals surface area contributed by atoms with Crippen molar-refractivity contribution in [3.8, 4) is 0 Å². The molecule has 4 heteroatoms. The summed E-state index contributed by atoms with van der Waals surface area (Å²) in [6.45, 7) is 1.92. The molecule has 0 fully saturated rings. The van der Waals surface area contributed by atoms with Crippen LogP contribution >= 0.6 is 0 Å². The number of H-pyrrole nitrogens is 1. The molecule has 2 N–H and O–H groups in total. The first kappa shape index (κ1) is 11.4. The molecular weight excluding hydrogens is 218 g/mol. The third-order valence-corrected chi connectivity index (χ3v) is 2.73. The van der Waals surface area contributed by atoms with E-state index in [1.807, 2.05) is 6.92 Å². The zero-order valence-electron chi connectivity index (χ0n) is 9.49. The van der Waals surface area contributed by atoms with E-state index in [1.54, 1.807) is 24.3 Å². The summed E-state index contributed by atoms with van der Waals surface area (Å²) in [6, 6.07) is 6.96. The quantitative estimate of drug-likeness (QED) is 0.850. The molecule has 0 bridgehead atoms. The fourth-order valence-electron chi connectivity index (χ4n) is 2.02. The minimum Gasteiger partial charge on any atom is -0.478 e. The van der Waals surface area contributed by atoms with Crippen LogP contribution in [0.25, 0.3) is 10.9 Å². The van der Waals surface area contributed by atoms with Gasteiger partial charge >= 0.3 is 5.97 Å². The highest BCUT2D eigenvalue weighted by molar-refractivity contribution is 6.03. The highest BCUT2D eigenvalue weighted by atomic mass is 16.4. The fourth-order valence-corrected chi connectivity index (χ4v) is 2.02. The zero-order valence-corrected chi connectivity index (χ0v) is 9.49. The van der Waals surface area contributed by atoms with Crippen LogP contribution in [0.1, 0.15) is 29.3 Å². The fraction of sp³-hybridized carbons (Fsp3) is 0.231. The number of aromatic carboxylic acids is 1. The summed E-state index contributed by atoms with van der Waals surface area (Å²) < 4.78 is 0. The number of aromatic amines is 1. The third kappa shape index (κ3) is 1.93. The monoisotopic (exact) mass is 231 g/mol. The standard InChI is InChI=1S/C13H13NO3/c1-2-5-9-11(13(16)17)8-6-3-4-7-10(8)14-12(9)15/h3-4,6-7H,2,5H2,1H3,(H,14,15)(H,16,17). The Morgan fingerprint density at radius 2 is 2.06 bits per heavy atom. The number of fused-ring (bicyclic) bond motifs is 1. The van der Waals surface area contributed by atoms with Crippen molar-refractivity contribution in [2.75, 3.05) is 0 Å². The predicted octanol–water partition coefficient (Wildman–Crippen LogP) is 2.18. The van der Waals surface area contributed by atoms with Gasteiger partial charge in [-0.15, -0.1) is 0 Å². The van der Waals surface area contributed by atoms with Crippen molar-refractivity contribution < 1.29 is 9.90 Å². The molecule has 0 aliphatic heterocycles. The highest BCUT2D eigenvalue weighted by Crippen LogP contribution is 2.18. The second kappa shape index (κ2) is 4.41. The van der Waals surface area contributed by atoms with Gasteiger partial charge in [-0.25, -0.2) is 4.79 Å². The summed E-state index contributed by atoms with van der Waals surface area (Å²) in [5.74, 6) is -1.05. The minimum absolute atomic E-state index is 0.131. The van der Waals surface area contributed by atoms with Crippen LogP contribution < -0.4 is 5.56 Å². The lowest BCUT2D eigenvalue weighted by atomic mass is 10.0. The molecule has 0 saturated carbocycles. The molecule has 17 heavy (non-hydrogen) atoms. The summed E-state index contributed by atoms with van der Waals surface area (Å²) in [5, 5.41) is 9.85. The van der Waals surface area contributed by atoms with E-state index in [0.717, 1.165) is 6.42 Å². The van der Waals surface area contributed by atoms with Crippen molar-refractivity contribution in [1.82, 2.24) is 4.98 Å². The van der Waals surface area contributed by atoms with Crippen molar-refractivity contribution >= 4 is 16.9 Å². The minimum atomic E-state index is -1.05. The Morgan fingerprint density at radius 3 is 2.71 bits per heavy atom. The Bertz CT molecular complexity index is 628. The normalized spacial score (nSPS) is 10.6. The molecule has 0 aliphatic rings. The second-order valence-electron chi connectivity index (χ2n) is 3.91. The first-order valence-corrected chi connectivity index (χ1v) is 5.52. The second-order valence-corrected chi connectivity index (χ2v) is 3.91. The number of pyridine rings is 1. The van der Waals surface area contributed by atoms with Gasteiger partial charge in [-0.1, -0.05) is 31.5 Å². The molecular formula is C13H13NO3. The smallest absolute Gasteiger partial charge is 0.336 e. The molecule has 0 amide bonds. The summed E-state index contributed by atoms with van der Waals surface area (Å²) in [6.07, 6.45) is 1.21. The lowest BCUT2D eigenvalue weighted by Gasteiger charge is -2.07. The van der Waals surface area contributed by atoms with Crippen molar-refractivity contribution in [1.29, 1.82) is 0 Å². The Balaban J connectivity index is 2.88. The summed E-state index contributed by atoms with van der Waals surface area (Å²) in [4.78, 5) is 25.9. The molecule has 1 aromatic heterocycles. The van der Waals surface area contributed by atoms with Gasteiger partial charge in [0.1, 0.15) is 0 Å². The van der Waals surface area contributed by atoms with Gasteiger partial charge in [0.05, 0.1) is 5.56 Å². The molecule has 4 nitrogen and oxygen atoms in total. The topological polar surface area (TPSA) is 70.2 Å². The number of carboxylic acid groups (broad SMARTS) is 1. The van der Waals surface area contributed by atoms with Crippen LogP contribution in [0.4, 0.5) is 0 Å². The first-order valence-electron chi connectivity index (χ1n) is 5.52. The Hall–Kier alpha value is -2.10. The van der Waals surface area contributed by atoms with E-state index < -0.39 is 5.97 Å². The molecule has 2 rings (SSSR count). The van der Waals surface area contributed by atoms with Crippen LogP contribution in [0.3, 0.4) is 0 Å². The third-order valence-electron chi connectivity index (χ3n) is 2.73. The van der Waals surface area contributed by atoms with Crippen molar-refractivity contribution in [2.45, 2.75) is 19.8 Å². The van der Waals surface area contributed by atoms with Gasteiger partial charge in [-0.05, 0) is 12.5 Å². The number of para-hydroxylation sites is 1. The maximum Gasteiger partial charge on any atom is 0.336 e. The number of carboxylic acids is 1. The number of hydrogen-bond donors (Lipinski definition) is 2. The lowest BCUT2D eigenvalue weighted by Crippen LogP contribution is -2.18. The Kier molecular flexibility index (Phi) is 2.95. The Labute approximate surface area is 97.9 Å². The summed E-state index contributed by atoms with van der Waals surface area (Å²) in [5.41, 5.74) is 0.752. The largest absolute Gasteiger partial charge is 0.478 e. The predicted molar refractivity (Wildman–Crippen MR) is 65.5 cm³/mol. The van der Waals surface area contributed by atoms with E-state index in [9.17, 15) is 14.7 Å². The van der Waals surface area contributed by atoms with Gasteiger partial charge < -0.3 is 10.1 Å². The van der Waals surface area contributed by atoms with Crippen LogP contribution in [-0.4, -0.2) is 16.1 Å². The lowest BCUT2D eigenvalue weighted by molar-refractivity contribution is 0.0697. The van der Waals surface area contributed by atoms with E-state index >= 15 is 0 Å². The first-order chi connectivity index (χ1) is 8.15. The van der Waals surface area contributed by atoms with Crippen LogP contribution in [0, 0.1) is 0 Å². The van der Waals surface area contributed by atoms with Crippen molar-refractivity contribution in [3.05, 3.63) is 45.7 Å². The van der Waals surface area contributed by atoms with Gasteiger partial charge in [-0.3, -0.25) is 4.79 Å². The molecule has 0 radical (unpaired) electrons. The van der Waals surface area contributed by atoms with Gasteiger partial charge in [0, 0.05) is 16.5 Å². The van der Waals surface area contributed by atoms with Crippen LogP contribution in [0.5, 0.6) is 0 Å². The average molecular weight is 231 g/mol. The van der Waals surface area contributed by atoms with Crippen LogP contribution in [0.2, 0.25) is 0 Å². The van der Waals surface area contributed by atoms with E-state index in [2.05, 4.69) is 4.98 Å². The number of aromatic nitrogens is 1. The molecule has 2 aromatic rings. The highest BCUT2D eigenvalue weighted by Gasteiger charge is 2.17. The number of hydrogen-bond acceptors (Lipinski definition) is 2. The Morgan fingerprint density at radius 1 is 1.35 bits per heavy atom. The van der Waals surface area contributed by atoms with Crippen molar-refractivity contribution in [3.63, 3.8) is 0 Å². The van der Waals surface area contributed by atoms with Gasteiger partial charge in [0.25, 0.3) is 5.56 Å². The molecule has 1 aromatic carbocycles. The summed E-state index contributed by atoms with van der Waals surface area (Å²) >= 11 is 0. The zero-order chi connectivity index (χ0) is 12.4. The van der Waals surface area contributed by atoms with Gasteiger partial charge in [0.2, 0.25) is 0 Å². The molecule has 1 heterocycles. The SMILES string of the molecule is CCCc1c(C(=O)O)c2ccccc2[nH]c1=O.